The number of esters is 1. The minimum Gasteiger partial charge on any atom is -0.458 e. The number of nitrogens with zero attached hydrogens (tertiary/aromatic N) is 5. The van der Waals surface area contributed by atoms with Crippen LogP contribution in [-0.2, 0) is 51.3 Å². The zero-order chi connectivity index (χ0) is 32.2. The molecule has 1 N–H and O–H groups in total. The number of rotatable bonds is 6. The number of piperazine rings is 1. The van der Waals surface area contributed by atoms with Gasteiger partial charge in [0.25, 0.3) is 15.6 Å². The summed E-state index contributed by atoms with van der Waals surface area (Å²) < 4.78 is 35.4. The molecule has 0 saturated carbocycles. The lowest BCUT2D eigenvalue weighted by Gasteiger charge is -2.37. The fourth-order valence-corrected chi connectivity index (χ4v) is 7.42. The van der Waals surface area contributed by atoms with Crippen LogP contribution in [0.1, 0.15) is 41.2 Å². The molecule has 3 aliphatic rings. The molecule has 3 aliphatic heterocycles. The Labute approximate surface area is 266 Å². The maximum absolute atomic E-state index is 13.8. The smallest absolute Gasteiger partial charge is 0.343 e. The predicted octanol–water partition coefficient (Wildman–Crippen LogP) is 2.80. The van der Waals surface area contributed by atoms with Crippen molar-refractivity contribution in [1.82, 2.24) is 19.4 Å². The van der Waals surface area contributed by atoms with E-state index in [1.807, 2.05) is 54.6 Å². The van der Waals surface area contributed by atoms with Crippen LogP contribution in [0, 0.1) is 0 Å². The van der Waals surface area contributed by atoms with Gasteiger partial charge >= 0.3 is 5.97 Å². The molecule has 5 heterocycles. The summed E-state index contributed by atoms with van der Waals surface area (Å²) in [6, 6.07) is 19.4. The number of sulfonamides is 1. The summed E-state index contributed by atoms with van der Waals surface area (Å²) in [5.41, 5.74) is 3.48. The van der Waals surface area contributed by atoms with Crippen LogP contribution < -0.4 is 5.56 Å². The van der Waals surface area contributed by atoms with Gasteiger partial charge in [0.2, 0.25) is 0 Å². The second-order valence-corrected chi connectivity index (χ2v) is 13.9. The van der Waals surface area contributed by atoms with Gasteiger partial charge in [-0.05, 0) is 29.7 Å². The third-order valence-electron chi connectivity index (χ3n) is 9.31. The molecule has 7 rings (SSSR count). The average Bonchev–Trinajstić information content (AvgIpc) is 3.41. The molecule has 2 aromatic heterocycles. The third kappa shape index (κ3) is 5.29. The molecule has 0 amide bonds. The molecule has 0 aliphatic carbocycles. The molecule has 1 atom stereocenters. The molecular formula is C34H35N5O6S. The van der Waals surface area contributed by atoms with Crippen molar-refractivity contribution in [3.63, 3.8) is 0 Å². The highest BCUT2D eigenvalue weighted by Gasteiger charge is 2.45. The molecule has 46 heavy (non-hydrogen) atoms. The Bertz CT molecular complexity index is 2070. The van der Waals surface area contributed by atoms with E-state index in [0.717, 1.165) is 33.8 Å². The number of amidine groups is 1. The number of aliphatic hydroxyl groups is 1. The van der Waals surface area contributed by atoms with Gasteiger partial charge in [-0.15, -0.1) is 0 Å². The fourth-order valence-electron chi connectivity index (χ4n) is 6.85. The Hall–Kier alpha value is -4.39. The van der Waals surface area contributed by atoms with Crippen molar-refractivity contribution in [1.29, 1.82) is 0 Å². The Morgan fingerprint density at radius 1 is 1.02 bits per heavy atom. The number of hydrogen-bond donors (Lipinski definition) is 1. The zero-order valence-corrected chi connectivity index (χ0v) is 26.6. The Kier molecular flexibility index (Phi) is 7.53. The molecule has 4 aromatic rings. The Balaban J connectivity index is 1.21. The quantitative estimate of drug-likeness (QED) is 0.169. The summed E-state index contributed by atoms with van der Waals surface area (Å²) in [4.78, 5) is 35.7. The van der Waals surface area contributed by atoms with Gasteiger partial charge in [0.05, 0.1) is 35.3 Å². The first-order valence-corrected chi connectivity index (χ1v) is 17.3. The van der Waals surface area contributed by atoms with Gasteiger partial charge in [0.1, 0.15) is 12.4 Å². The largest absolute Gasteiger partial charge is 0.458 e. The van der Waals surface area contributed by atoms with Crippen molar-refractivity contribution in [3.05, 3.63) is 98.8 Å². The van der Waals surface area contributed by atoms with Crippen LogP contribution in [0.2, 0.25) is 0 Å². The third-order valence-corrected chi connectivity index (χ3v) is 9.85. The van der Waals surface area contributed by atoms with Gasteiger partial charge in [-0.25, -0.2) is 18.2 Å². The van der Waals surface area contributed by atoms with Crippen molar-refractivity contribution in [2.75, 3.05) is 32.4 Å². The summed E-state index contributed by atoms with van der Waals surface area (Å²) in [5.74, 6) is -0.207. The van der Waals surface area contributed by atoms with Gasteiger partial charge in [-0.3, -0.25) is 9.69 Å². The Morgan fingerprint density at radius 2 is 1.74 bits per heavy atom. The average molecular weight is 642 g/mol. The Morgan fingerprint density at radius 3 is 2.46 bits per heavy atom. The maximum Gasteiger partial charge on any atom is 0.343 e. The number of hydrogen-bond acceptors (Lipinski definition) is 8. The predicted molar refractivity (Wildman–Crippen MR) is 174 cm³/mol. The summed E-state index contributed by atoms with van der Waals surface area (Å²) in [6.45, 7) is 5.05. The van der Waals surface area contributed by atoms with Crippen LogP contribution in [0.5, 0.6) is 0 Å². The van der Waals surface area contributed by atoms with E-state index in [1.165, 1.54) is 0 Å². The number of fused-ring (bicyclic) bond motifs is 5. The van der Waals surface area contributed by atoms with E-state index in [4.69, 9.17) is 9.72 Å². The molecule has 238 valence electrons. The van der Waals surface area contributed by atoms with E-state index in [9.17, 15) is 23.1 Å². The highest BCUT2D eigenvalue weighted by Crippen LogP contribution is 2.40. The van der Waals surface area contributed by atoms with Crippen LogP contribution >= 0.6 is 0 Å². The first-order valence-electron chi connectivity index (χ1n) is 15.4. The second-order valence-electron chi connectivity index (χ2n) is 12.2. The van der Waals surface area contributed by atoms with E-state index in [-0.39, 0.29) is 18.6 Å². The number of aromatic nitrogens is 2. The maximum atomic E-state index is 13.8. The number of carbonyl (C=O) groups is 1. The summed E-state index contributed by atoms with van der Waals surface area (Å²) >= 11 is 0. The molecule has 0 spiro atoms. The molecular weight excluding hydrogens is 606 g/mol. The SMILES string of the molecule is CC[C@@]1(O)C(=O)OCc2c1cc1n(c2=O)Cc2c-1nc1ccccc1c2CN1CCN(/C(Cc2ccccc2)=N\S(C)(=O)=O)CC1. The number of cyclic esters (lactones) is 1. The topological polar surface area (TPSA) is 134 Å². The minimum atomic E-state index is -3.58. The van der Waals surface area contributed by atoms with Crippen molar-refractivity contribution < 1.29 is 23.1 Å². The van der Waals surface area contributed by atoms with Gasteiger partial charge in [0, 0.05) is 55.7 Å². The van der Waals surface area contributed by atoms with E-state index in [2.05, 4.69) is 14.2 Å². The highest BCUT2D eigenvalue weighted by molar-refractivity contribution is 7.89. The normalized spacial score (nSPS) is 19.9. The summed E-state index contributed by atoms with van der Waals surface area (Å²) in [5, 5.41) is 12.3. The lowest BCUT2D eigenvalue weighted by Crippen LogP contribution is -2.49. The van der Waals surface area contributed by atoms with Gasteiger partial charge in [0.15, 0.2) is 5.60 Å². The second kappa shape index (κ2) is 11.4. The molecule has 0 bridgehead atoms. The van der Waals surface area contributed by atoms with E-state index in [0.29, 0.717) is 74.0 Å². The molecule has 12 heteroatoms. The van der Waals surface area contributed by atoms with Crippen LogP contribution in [-0.4, -0.2) is 77.1 Å². The van der Waals surface area contributed by atoms with E-state index in [1.54, 1.807) is 17.6 Å². The lowest BCUT2D eigenvalue weighted by molar-refractivity contribution is -0.172. The lowest BCUT2D eigenvalue weighted by atomic mass is 9.86. The number of pyridine rings is 2. The first kappa shape index (κ1) is 30.3. The molecule has 0 unspecified atom stereocenters. The number of carbonyl (C=O) groups excluding carboxylic acids is 1. The van der Waals surface area contributed by atoms with Gasteiger partial charge in [-0.1, -0.05) is 55.5 Å². The fraction of sp³-hybridized carbons (Fsp3) is 0.353. The van der Waals surface area contributed by atoms with Crippen molar-refractivity contribution >= 4 is 32.7 Å². The highest BCUT2D eigenvalue weighted by atomic mass is 32.2. The van der Waals surface area contributed by atoms with E-state index < -0.39 is 21.6 Å². The monoisotopic (exact) mass is 641 g/mol. The molecule has 2 aromatic carbocycles. The van der Waals surface area contributed by atoms with Crippen LogP contribution in [0.3, 0.4) is 0 Å². The van der Waals surface area contributed by atoms with Crippen molar-refractivity contribution in [2.24, 2.45) is 4.40 Å². The molecule has 1 saturated heterocycles. The van der Waals surface area contributed by atoms with Crippen LogP contribution in [0.15, 0.2) is 69.9 Å². The number of ether oxygens (including phenoxy) is 1. The van der Waals surface area contributed by atoms with Crippen molar-refractivity contribution in [3.8, 4) is 11.4 Å². The molecule has 11 nitrogen and oxygen atoms in total. The van der Waals surface area contributed by atoms with Crippen LogP contribution in [0.4, 0.5) is 0 Å². The molecule has 1 fully saturated rings. The number of para-hydroxylation sites is 1. The summed E-state index contributed by atoms with van der Waals surface area (Å²) in [7, 11) is -3.58. The molecule has 0 radical (unpaired) electrons. The first-order chi connectivity index (χ1) is 22.1. The summed E-state index contributed by atoms with van der Waals surface area (Å²) in [6.07, 6.45) is 1.63. The van der Waals surface area contributed by atoms with Gasteiger partial charge in [-0.2, -0.15) is 4.40 Å². The van der Waals surface area contributed by atoms with E-state index >= 15 is 0 Å². The minimum absolute atomic E-state index is 0.0823. The van der Waals surface area contributed by atoms with Crippen LogP contribution in [0.25, 0.3) is 22.3 Å². The van der Waals surface area contributed by atoms with Crippen molar-refractivity contribution in [2.45, 2.75) is 45.1 Å². The zero-order valence-electron chi connectivity index (χ0n) is 25.8. The van der Waals surface area contributed by atoms with Gasteiger partial charge < -0.3 is 19.3 Å². The number of benzene rings is 2. The standard InChI is InChI=1S/C34H35N5O6S/c1-3-34(42)27-18-29-31-25(20-39(29)32(40)26(27)21-45-33(34)41)24(23-11-7-8-12-28(23)35-31)19-37-13-15-38(16-14-37)30(36-46(2,43)44)17-22-9-5-4-6-10-22/h4-12,18,42H,3,13-17,19-21H2,1-2H3/b36-30-/t34-/m0/s1.